The van der Waals surface area contributed by atoms with Crippen LogP contribution in [-0.2, 0) is 4.74 Å². The first-order valence-corrected chi connectivity index (χ1v) is 4.76. The zero-order valence-electron chi connectivity index (χ0n) is 8.99. The van der Waals surface area contributed by atoms with E-state index < -0.39 is 0 Å². The highest BCUT2D eigenvalue weighted by molar-refractivity contribution is 5.42. The molecule has 0 aromatic carbocycles. The van der Waals surface area contributed by atoms with Crippen molar-refractivity contribution in [1.82, 2.24) is 9.97 Å². The van der Waals surface area contributed by atoms with Gasteiger partial charge in [0.15, 0.2) is 0 Å². The fourth-order valence-electron chi connectivity index (χ4n) is 1.03. The number of methoxy groups -OCH3 is 1. The molecule has 0 bridgehead atoms. The summed E-state index contributed by atoms with van der Waals surface area (Å²) in [5.41, 5.74) is 5.49. The zero-order valence-corrected chi connectivity index (χ0v) is 8.99. The summed E-state index contributed by atoms with van der Waals surface area (Å²) in [4.78, 5) is 7.87. The van der Waals surface area contributed by atoms with Gasteiger partial charge in [-0.2, -0.15) is 9.97 Å². The standard InChI is InChI=1S/C9H16N4O2/c1-3-15-5-4-11-7-6-8(14-2)13-9(10)12-7/h6H,3-5H2,1-2H3,(H3,10,11,12,13). The lowest BCUT2D eigenvalue weighted by molar-refractivity contribution is 0.158. The quantitative estimate of drug-likeness (QED) is 0.669. The van der Waals surface area contributed by atoms with Gasteiger partial charge in [0.05, 0.1) is 13.7 Å². The summed E-state index contributed by atoms with van der Waals surface area (Å²) >= 11 is 0. The van der Waals surface area contributed by atoms with Gasteiger partial charge in [-0.05, 0) is 6.92 Å². The van der Waals surface area contributed by atoms with Crippen molar-refractivity contribution in [1.29, 1.82) is 0 Å². The lowest BCUT2D eigenvalue weighted by Crippen LogP contribution is -2.11. The predicted molar refractivity (Wildman–Crippen MR) is 58.0 cm³/mol. The average molecular weight is 212 g/mol. The minimum absolute atomic E-state index is 0.188. The Labute approximate surface area is 88.8 Å². The molecule has 6 heteroatoms. The van der Waals surface area contributed by atoms with Crippen LogP contribution in [0.2, 0.25) is 0 Å². The molecule has 0 atom stereocenters. The maximum Gasteiger partial charge on any atom is 0.225 e. The number of rotatable bonds is 6. The molecule has 6 nitrogen and oxygen atoms in total. The van der Waals surface area contributed by atoms with E-state index in [-0.39, 0.29) is 5.95 Å². The molecule has 1 aromatic heterocycles. The van der Waals surface area contributed by atoms with Gasteiger partial charge < -0.3 is 20.5 Å². The van der Waals surface area contributed by atoms with E-state index in [1.165, 1.54) is 7.11 Å². The number of nitrogens with zero attached hydrogens (tertiary/aromatic N) is 2. The Balaban J connectivity index is 2.49. The molecular weight excluding hydrogens is 196 g/mol. The summed E-state index contributed by atoms with van der Waals surface area (Å²) in [5.74, 6) is 1.27. The molecule has 0 fully saturated rings. The maximum atomic E-state index is 5.49. The van der Waals surface area contributed by atoms with Crippen molar-refractivity contribution in [2.24, 2.45) is 0 Å². The van der Waals surface area contributed by atoms with Crippen LogP contribution < -0.4 is 15.8 Å². The Morgan fingerprint density at radius 2 is 2.27 bits per heavy atom. The number of ether oxygens (including phenoxy) is 2. The Hall–Kier alpha value is -1.56. The van der Waals surface area contributed by atoms with Crippen LogP contribution in [0.5, 0.6) is 5.88 Å². The summed E-state index contributed by atoms with van der Waals surface area (Å²) in [6.45, 7) is 3.96. The molecule has 0 spiro atoms. The monoisotopic (exact) mass is 212 g/mol. The van der Waals surface area contributed by atoms with E-state index in [4.69, 9.17) is 15.2 Å². The van der Waals surface area contributed by atoms with Crippen LogP contribution in [0.1, 0.15) is 6.92 Å². The van der Waals surface area contributed by atoms with E-state index in [0.717, 1.165) is 0 Å². The molecule has 3 N–H and O–H groups in total. The number of hydrogen-bond donors (Lipinski definition) is 2. The number of nitrogens with two attached hydrogens (primary N) is 1. The molecule has 0 aliphatic heterocycles. The van der Waals surface area contributed by atoms with Crippen LogP contribution in [0.4, 0.5) is 11.8 Å². The molecule has 0 radical (unpaired) electrons. The van der Waals surface area contributed by atoms with E-state index in [0.29, 0.717) is 31.5 Å². The first-order valence-electron chi connectivity index (χ1n) is 4.76. The minimum atomic E-state index is 0.188. The summed E-state index contributed by atoms with van der Waals surface area (Å²) in [6.07, 6.45) is 0. The van der Waals surface area contributed by atoms with Crippen LogP contribution in [0.15, 0.2) is 6.07 Å². The summed E-state index contributed by atoms with van der Waals surface area (Å²) in [7, 11) is 1.53. The van der Waals surface area contributed by atoms with Crippen molar-refractivity contribution in [2.75, 3.05) is 37.9 Å². The van der Waals surface area contributed by atoms with Gasteiger partial charge in [-0.3, -0.25) is 0 Å². The molecule has 1 rings (SSSR count). The van der Waals surface area contributed by atoms with Crippen LogP contribution in [0.3, 0.4) is 0 Å². The highest BCUT2D eigenvalue weighted by atomic mass is 16.5. The molecule has 0 saturated carbocycles. The fourth-order valence-corrected chi connectivity index (χ4v) is 1.03. The summed E-state index contributed by atoms with van der Waals surface area (Å²) in [5, 5.41) is 3.06. The second-order valence-corrected chi connectivity index (χ2v) is 2.78. The number of anilines is 2. The largest absolute Gasteiger partial charge is 0.481 e. The van der Waals surface area contributed by atoms with Crippen LogP contribution in [0, 0.1) is 0 Å². The maximum absolute atomic E-state index is 5.49. The van der Waals surface area contributed by atoms with Crippen molar-refractivity contribution in [2.45, 2.75) is 6.92 Å². The molecule has 0 amide bonds. The summed E-state index contributed by atoms with van der Waals surface area (Å²) in [6, 6.07) is 1.68. The second kappa shape index (κ2) is 6.02. The smallest absolute Gasteiger partial charge is 0.225 e. The number of aromatic nitrogens is 2. The third kappa shape index (κ3) is 3.99. The van der Waals surface area contributed by atoms with Crippen LogP contribution in [-0.4, -0.2) is 36.8 Å². The molecule has 0 saturated heterocycles. The number of nitrogen functional groups attached to an aromatic ring is 1. The van der Waals surface area contributed by atoms with Gasteiger partial charge in [0, 0.05) is 19.2 Å². The van der Waals surface area contributed by atoms with E-state index >= 15 is 0 Å². The molecule has 1 heterocycles. The van der Waals surface area contributed by atoms with Gasteiger partial charge in [-0.1, -0.05) is 0 Å². The first-order chi connectivity index (χ1) is 7.26. The topological polar surface area (TPSA) is 82.3 Å². The number of nitrogens with one attached hydrogen (secondary N) is 1. The van der Waals surface area contributed by atoms with Gasteiger partial charge in [0.2, 0.25) is 11.8 Å². The first kappa shape index (κ1) is 11.5. The fraction of sp³-hybridized carbons (Fsp3) is 0.556. The van der Waals surface area contributed by atoms with Gasteiger partial charge in [-0.15, -0.1) is 0 Å². The Bertz CT molecular complexity index is 306. The highest BCUT2D eigenvalue weighted by Gasteiger charge is 2.01. The van der Waals surface area contributed by atoms with Crippen LogP contribution in [0.25, 0.3) is 0 Å². The summed E-state index contributed by atoms with van der Waals surface area (Å²) < 4.78 is 10.1. The Morgan fingerprint density at radius 3 is 2.93 bits per heavy atom. The van der Waals surface area contributed by atoms with Crippen molar-refractivity contribution in [3.63, 3.8) is 0 Å². The van der Waals surface area contributed by atoms with E-state index in [9.17, 15) is 0 Å². The van der Waals surface area contributed by atoms with Gasteiger partial charge in [0.25, 0.3) is 0 Å². The molecule has 15 heavy (non-hydrogen) atoms. The van der Waals surface area contributed by atoms with E-state index in [1.807, 2.05) is 6.92 Å². The van der Waals surface area contributed by atoms with Crippen LogP contribution >= 0.6 is 0 Å². The van der Waals surface area contributed by atoms with E-state index in [1.54, 1.807) is 6.07 Å². The van der Waals surface area contributed by atoms with Gasteiger partial charge in [0.1, 0.15) is 5.82 Å². The normalized spacial score (nSPS) is 10.0. The third-order valence-electron chi connectivity index (χ3n) is 1.69. The number of hydrogen-bond acceptors (Lipinski definition) is 6. The van der Waals surface area contributed by atoms with Crippen molar-refractivity contribution >= 4 is 11.8 Å². The molecule has 0 aliphatic rings. The third-order valence-corrected chi connectivity index (χ3v) is 1.69. The van der Waals surface area contributed by atoms with Crippen molar-refractivity contribution in [3.8, 4) is 5.88 Å². The van der Waals surface area contributed by atoms with Crippen molar-refractivity contribution in [3.05, 3.63) is 6.07 Å². The molecular formula is C9H16N4O2. The molecule has 0 unspecified atom stereocenters. The minimum Gasteiger partial charge on any atom is -0.481 e. The average Bonchev–Trinajstić information content (AvgIpc) is 2.23. The Morgan fingerprint density at radius 1 is 1.47 bits per heavy atom. The molecule has 0 aliphatic carbocycles. The molecule has 1 aromatic rings. The highest BCUT2D eigenvalue weighted by Crippen LogP contribution is 2.13. The Kier molecular flexibility index (Phi) is 4.62. The van der Waals surface area contributed by atoms with Crippen molar-refractivity contribution < 1.29 is 9.47 Å². The predicted octanol–water partition coefficient (Wildman–Crippen LogP) is 0.516. The second-order valence-electron chi connectivity index (χ2n) is 2.78. The molecule has 84 valence electrons. The van der Waals surface area contributed by atoms with E-state index in [2.05, 4.69) is 15.3 Å². The lowest BCUT2D eigenvalue weighted by atomic mass is 10.5. The SMILES string of the molecule is CCOCCNc1cc(OC)nc(N)n1. The lowest BCUT2D eigenvalue weighted by Gasteiger charge is -2.07. The van der Waals surface area contributed by atoms with Gasteiger partial charge in [-0.25, -0.2) is 0 Å². The zero-order chi connectivity index (χ0) is 11.1. The van der Waals surface area contributed by atoms with Gasteiger partial charge >= 0.3 is 0 Å².